The molecule has 0 aliphatic carbocycles. The first-order valence-corrected chi connectivity index (χ1v) is 7.10. The number of ether oxygens (including phenoxy) is 1. The van der Waals surface area contributed by atoms with Crippen molar-refractivity contribution in [2.24, 2.45) is 0 Å². The fraction of sp³-hybridized carbons (Fsp3) is 0.167. The van der Waals surface area contributed by atoms with Crippen molar-refractivity contribution in [2.75, 3.05) is 5.32 Å². The van der Waals surface area contributed by atoms with Crippen molar-refractivity contribution in [1.82, 2.24) is 4.98 Å². The van der Waals surface area contributed by atoms with Crippen LogP contribution in [-0.2, 0) is 0 Å². The molecule has 0 bridgehead atoms. The standard InChI is InChI=1S/C18H18N2O/c1-13(2)21-18-17-12-16(9-8-14(17)10-11-19-18)20-15-6-4-3-5-7-15/h3-13,20H,1-2H3. The molecular weight excluding hydrogens is 260 g/mol. The first kappa shape index (κ1) is 13.4. The molecule has 1 heterocycles. The maximum absolute atomic E-state index is 5.79. The van der Waals surface area contributed by atoms with E-state index in [2.05, 4.69) is 28.5 Å². The summed E-state index contributed by atoms with van der Waals surface area (Å²) in [7, 11) is 0. The first-order chi connectivity index (χ1) is 10.2. The number of pyridine rings is 1. The Morgan fingerprint density at radius 2 is 1.76 bits per heavy atom. The van der Waals surface area contributed by atoms with Gasteiger partial charge in [0.25, 0.3) is 0 Å². The Bertz CT molecular complexity index is 739. The summed E-state index contributed by atoms with van der Waals surface area (Å²) < 4.78 is 5.79. The van der Waals surface area contributed by atoms with E-state index in [9.17, 15) is 0 Å². The van der Waals surface area contributed by atoms with Gasteiger partial charge in [0.2, 0.25) is 5.88 Å². The van der Waals surface area contributed by atoms with Crippen LogP contribution >= 0.6 is 0 Å². The van der Waals surface area contributed by atoms with Crippen LogP contribution in [0.3, 0.4) is 0 Å². The summed E-state index contributed by atoms with van der Waals surface area (Å²) in [6.45, 7) is 4.01. The molecule has 0 saturated carbocycles. The Balaban J connectivity index is 1.98. The molecule has 0 atom stereocenters. The molecule has 0 radical (unpaired) electrons. The van der Waals surface area contributed by atoms with Gasteiger partial charge in [-0.2, -0.15) is 0 Å². The highest BCUT2D eigenvalue weighted by atomic mass is 16.5. The van der Waals surface area contributed by atoms with Crippen molar-refractivity contribution in [3.8, 4) is 5.88 Å². The summed E-state index contributed by atoms with van der Waals surface area (Å²) in [5.74, 6) is 0.680. The molecule has 0 unspecified atom stereocenters. The van der Waals surface area contributed by atoms with Gasteiger partial charge < -0.3 is 10.1 Å². The predicted octanol–water partition coefficient (Wildman–Crippen LogP) is 4.77. The minimum absolute atomic E-state index is 0.105. The third-order valence-corrected chi connectivity index (χ3v) is 3.14. The summed E-state index contributed by atoms with van der Waals surface area (Å²) in [6, 6.07) is 18.3. The fourth-order valence-electron chi connectivity index (χ4n) is 2.22. The maximum atomic E-state index is 5.79. The number of para-hydroxylation sites is 1. The quantitative estimate of drug-likeness (QED) is 0.746. The maximum Gasteiger partial charge on any atom is 0.221 e. The Kier molecular flexibility index (Phi) is 3.73. The lowest BCUT2D eigenvalue weighted by molar-refractivity contribution is 0.236. The third kappa shape index (κ3) is 3.14. The highest BCUT2D eigenvalue weighted by molar-refractivity contribution is 5.90. The lowest BCUT2D eigenvalue weighted by Crippen LogP contribution is -2.07. The minimum Gasteiger partial charge on any atom is -0.475 e. The zero-order valence-electron chi connectivity index (χ0n) is 12.2. The zero-order valence-corrected chi connectivity index (χ0v) is 12.2. The second-order valence-electron chi connectivity index (χ2n) is 5.21. The fourth-order valence-corrected chi connectivity index (χ4v) is 2.22. The van der Waals surface area contributed by atoms with Crippen LogP contribution in [0, 0.1) is 0 Å². The molecule has 0 aliphatic heterocycles. The van der Waals surface area contributed by atoms with E-state index in [-0.39, 0.29) is 6.10 Å². The second kappa shape index (κ2) is 5.83. The molecule has 2 aromatic carbocycles. The Labute approximate surface area is 124 Å². The lowest BCUT2D eigenvalue weighted by atomic mass is 10.1. The molecule has 0 aliphatic rings. The molecule has 21 heavy (non-hydrogen) atoms. The number of hydrogen-bond donors (Lipinski definition) is 1. The molecule has 0 spiro atoms. The van der Waals surface area contributed by atoms with Crippen molar-refractivity contribution in [2.45, 2.75) is 20.0 Å². The van der Waals surface area contributed by atoms with Gasteiger partial charge >= 0.3 is 0 Å². The van der Waals surface area contributed by atoms with Crippen molar-refractivity contribution in [3.05, 3.63) is 60.8 Å². The van der Waals surface area contributed by atoms with Gasteiger partial charge in [-0.25, -0.2) is 4.98 Å². The topological polar surface area (TPSA) is 34.1 Å². The van der Waals surface area contributed by atoms with E-state index in [0.29, 0.717) is 5.88 Å². The average Bonchev–Trinajstić information content (AvgIpc) is 2.48. The van der Waals surface area contributed by atoms with Crippen LogP contribution in [0.1, 0.15) is 13.8 Å². The number of rotatable bonds is 4. The number of benzene rings is 2. The SMILES string of the molecule is CC(C)Oc1nccc2ccc(Nc3ccccc3)cc12. The number of fused-ring (bicyclic) bond motifs is 1. The molecule has 3 rings (SSSR count). The van der Waals surface area contributed by atoms with Gasteiger partial charge in [-0.3, -0.25) is 0 Å². The smallest absolute Gasteiger partial charge is 0.221 e. The van der Waals surface area contributed by atoms with E-state index in [1.807, 2.05) is 50.2 Å². The Morgan fingerprint density at radius 3 is 2.52 bits per heavy atom. The average molecular weight is 278 g/mol. The normalized spacial score (nSPS) is 10.8. The van der Waals surface area contributed by atoms with Gasteiger partial charge in [-0.15, -0.1) is 0 Å². The highest BCUT2D eigenvalue weighted by Gasteiger charge is 2.06. The van der Waals surface area contributed by atoms with Crippen LogP contribution in [-0.4, -0.2) is 11.1 Å². The van der Waals surface area contributed by atoms with Gasteiger partial charge in [0.05, 0.1) is 6.10 Å². The Hall–Kier alpha value is -2.55. The number of nitrogens with one attached hydrogen (secondary N) is 1. The number of anilines is 2. The number of aromatic nitrogens is 1. The summed E-state index contributed by atoms with van der Waals surface area (Å²) in [6.07, 6.45) is 1.89. The largest absolute Gasteiger partial charge is 0.475 e. The monoisotopic (exact) mass is 278 g/mol. The minimum atomic E-state index is 0.105. The molecule has 1 aromatic heterocycles. The number of hydrogen-bond acceptors (Lipinski definition) is 3. The molecule has 3 heteroatoms. The second-order valence-corrected chi connectivity index (χ2v) is 5.21. The number of nitrogens with zero attached hydrogens (tertiary/aromatic N) is 1. The van der Waals surface area contributed by atoms with Gasteiger partial charge in [-0.05, 0) is 49.6 Å². The summed E-state index contributed by atoms with van der Waals surface area (Å²) in [5, 5.41) is 5.54. The third-order valence-electron chi connectivity index (χ3n) is 3.14. The van der Waals surface area contributed by atoms with E-state index in [0.717, 1.165) is 22.1 Å². The van der Waals surface area contributed by atoms with E-state index >= 15 is 0 Å². The summed E-state index contributed by atoms with van der Waals surface area (Å²) in [4.78, 5) is 4.35. The van der Waals surface area contributed by atoms with Gasteiger partial charge in [0.15, 0.2) is 0 Å². The Morgan fingerprint density at radius 1 is 0.952 bits per heavy atom. The molecule has 3 aromatic rings. The van der Waals surface area contributed by atoms with Crippen molar-refractivity contribution >= 4 is 22.1 Å². The van der Waals surface area contributed by atoms with Gasteiger partial charge in [0.1, 0.15) is 0 Å². The molecule has 106 valence electrons. The van der Waals surface area contributed by atoms with Crippen LogP contribution in [0.4, 0.5) is 11.4 Å². The molecule has 0 amide bonds. The predicted molar refractivity (Wildman–Crippen MR) is 87.2 cm³/mol. The molecule has 3 nitrogen and oxygen atoms in total. The van der Waals surface area contributed by atoms with Crippen molar-refractivity contribution in [3.63, 3.8) is 0 Å². The van der Waals surface area contributed by atoms with Crippen LogP contribution in [0.15, 0.2) is 60.8 Å². The van der Waals surface area contributed by atoms with E-state index in [1.165, 1.54) is 0 Å². The van der Waals surface area contributed by atoms with E-state index in [4.69, 9.17) is 4.74 Å². The van der Waals surface area contributed by atoms with Crippen molar-refractivity contribution in [1.29, 1.82) is 0 Å². The van der Waals surface area contributed by atoms with Crippen LogP contribution in [0.25, 0.3) is 10.8 Å². The zero-order chi connectivity index (χ0) is 14.7. The van der Waals surface area contributed by atoms with E-state index in [1.54, 1.807) is 6.20 Å². The molecule has 0 saturated heterocycles. The molecule has 1 N–H and O–H groups in total. The summed E-state index contributed by atoms with van der Waals surface area (Å²) >= 11 is 0. The van der Waals surface area contributed by atoms with Crippen molar-refractivity contribution < 1.29 is 4.74 Å². The highest BCUT2D eigenvalue weighted by Crippen LogP contribution is 2.28. The van der Waals surface area contributed by atoms with Gasteiger partial charge in [-0.1, -0.05) is 24.3 Å². The lowest BCUT2D eigenvalue weighted by Gasteiger charge is -2.12. The first-order valence-electron chi connectivity index (χ1n) is 7.10. The van der Waals surface area contributed by atoms with Crippen LogP contribution in [0.2, 0.25) is 0 Å². The molecule has 0 fully saturated rings. The van der Waals surface area contributed by atoms with Crippen LogP contribution < -0.4 is 10.1 Å². The molecular formula is C18H18N2O. The van der Waals surface area contributed by atoms with Gasteiger partial charge in [0, 0.05) is 23.0 Å². The summed E-state index contributed by atoms with van der Waals surface area (Å²) in [5.41, 5.74) is 2.09. The van der Waals surface area contributed by atoms with Crippen LogP contribution in [0.5, 0.6) is 5.88 Å². The van der Waals surface area contributed by atoms with E-state index < -0.39 is 0 Å².